The van der Waals surface area contributed by atoms with E-state index < -0.39 is 0 Å². The first-order chi connectivity index (χ1) is 16.8. The van der Waals surface area contributed by atoms with Gasteiger partial charge in [-0.1, -0.05) is 66.7 Å². The van der Waals surface area contributed by atoms with Gasteiger partial charge in [-0.15, -0.1) is 0 Å². The van der Waals surface area contributed by atoms with Gasteiger partial charge >= 0.3 is 0 Å². The lowest BCUT2D eigenvalue weighted by Crippen LogP contribution is -2.30. The third-order valence-electron chi connectivity index (χ3n) is 7.59. The number of rotatable bonds is 4. The minimum atomic E-state index is 0.118. The fourth-order valence-corrected chi connectivity index (χ4v) is 5.79. The molecule has 0 aliphatic carbocycles. The first-order valence-electron chi connectivity index (χ1n) is 12.1. The van der Waals surface area contributed by atoms with E-state index in [-0.39, 0.29) is 12.5 Å². The van der Waals surface area contributed by atoms with E-state index in [1.54, 1.807) is 0 Å². The highest BCUT2D eigenvalue weighted by Gasteiger charge is 2.44. The first kappa shape index (κ1) is 20.4. The molecule has 0 saturated carbocycles. The van der Waals surface area contributed by atoms with Crippen molar-refractivity contribution in [3.63, 3.8) is 0 Å². The SMILES string of the molecule is c1ccc([C@H]2COC3CN(c4cccc(N5CC6OC[C@H](c7ccccc7)N6C5)n4)CN32)cc1. The predicted molar refractivity (Wildman–Crippen MR) is 130 cm³/mol. The van der Waals surface area contributed by atoms with Gasteiger partial charge in [0, 0.05) is 0 Å². The van der Waals surface area contributed by atoms with Gasteiger partial charge in [0.2, 0.25) is 0 Å². The molecule has 0 bridgehead atoms. The second-order valence-electron chi connectivity index (χ2n) is 9.54. The van der Waals surface area contributed by atoms with Crippen LogP contribution >= 0.6 is 0 Å². The number of aromatic nitrogens is 1. The third kappa shape index (κ3) is 3.47. The van der Waals surface area contributed by atoms with E-state index in [4.69, 9.17) is 14.5 Å². The van der Waals surface area contributed by atoms with Crippen LogP contribution in [0.2, 0.25) is 0 Å². The van der Waals surface area contributed by atoms with E-state index >= 15 is 0 Å². The molecule has 1 aromatic heterocycles. The van der Waals surface area contributed by atoms with Gasteiger partial charge in [-0.05, 0) is 23.3 Å². The Morgan fingerprint density at radius 2 is 1.06 bits per heavy atom. The molecule has 4 aliphatic rings. The molecule has 5 heterocycles. The summed E-state index contributed by atoms with van der Waals surface area (Å²) < 4.78 is 12.3. The first-order valence-corrected chi connectivity index (χ1v) is 12.1. The monoisotopic (exact) mass is 455 g/mol. The van der Waals surface area contributed by atoms with Gasteiger partial charge in [0.1, 0.15) is 24.1 Å². The molecule has 174 valence electrons. The molecule has 0 amide bonds. The van der Waals surface area contributed by atoms with E-state index in [2.05, 4.69) is 98.5 Å². The Morgan fingerprint density at radius 3 is 1.53 bits per heavy atom. The second kappa shape index (κ2) is 8.36. The van der Waals surface area contributed by atoms with Gasteiger partial charge in [0.05, 0.1) is 51.7 Å². The summed E-state index contributed by atoms with van der Waals surface area (Å²) in [5.41, 5.74) is 2.64. The van der Waals surface area contributed by atoms with Crippen LogP contribution in [0.25, 0.3) is 0 Å². The minimum absolute atomic E-state index is 0.118. The molecule has 7 heteroatoms. The Kier molecular flexibility index (Phi) is 5.02. The smallest absolute Gasteiger partial charge is 0.132 e. The van der Waals surface area contributed by atoms with Crippen LogP contribution in [-0.2, 0) is 9.47 Å². The quantitative estimate of drug-likeness (QED) is 0.597. The highest BCUT2D eigenvalue weighted by atomic mass is 16.5. The van der Waals surface area contributed by atoms with E-state index in [9.17, 15) is 0 Å². The van der Waals surface area contributed by atoms with Crippen LogP contribution in [0.15, 0.2) is 78.9 Å². The summed E-state index contributed by atoms with van der Waals surface area (Å²) in [5.74, 6) is 2.02. The molecule has 4 saturated heterocycles. The predicted octanol–water partition coefficient (Wildman–Crippen LogP) is 3.44. The molecule has 0 spiro atoms. The van der Waals surface area contributed by atoms with Crippen molar-refractivity contribution in [3.8, 4) is 0 Å². The normalized spacial score (nSPS) is 29.1. The Labute approximate surface area is 200 Å². The number of pyridine rings is 1. The molecular weight excluding hydrogens is 426 g/mol. The molecule has 4 aliphatic heterocycles. The molecule has 4 atom stereocenters. The third-order valence-corrected chi connectivity index (χ3v) is 7.59. The van der Waals surface area contributed by atoms with Crippen molar-refractivity contribution >= 4 is 11.6 Å². The van der Waals surface area contributed by atoms with E-state index in [0.717, 1.165) is 51.3 Å². The van der Waals surface area contributed by atoms with Crippen LogP contribution in [0.5, 0.6) is 0 Å². The molecule has 4 fully saturated rings. The molecule has 2 aromatic carbocycles. The largest absolute Gasteiger partial charge is 0.359 e. The van der Waals surface area contributed by atoms with Crippen molar-refractivity contribution in [3.05, 3.63) is 90.0 Å². The van der Waals surface area contributed by atoms with Crippen molar-refractivity contribution in [1.82, 2.24) is 14.8 Å². The van der Waals surface area contributed by atoms with Crippen molar-refractivity contribution in [1.29, 1.82) is 0 Å². The van der Waals surface area contributed by atoms with E-state index in [0.29, 0.717) is 12.1 Å². The second-order valence-corrected chi connectivity index (χ2v) is 9.54. The summed E-state index contributed by atoms with van der Waals surface area (Å²) in [6, 6.07) is 28.3. The Morgan fingerprint density at radius 1 is 0.588 bits per heavy atom. The highest BCUT2D eigenvalue weighted by Crippen LogP contribution is 2.38. The summed E-state index contributed by atoms with van der Waals surface area (Å²) in [7, 11) is 0. The molecule has 0 radical (unpaired) electrons. The molecular formula is C27H29N5O2. The molecule has 3 aromatic rings. The summed E-state index contributed by atoms with van der Waals surface area (Å²) in [4.78, 5) is 14.7. The van der Waals surface area contributed by atoms with Crippen LogP contribution < -0.4 is 9.80 Å². The number of hydrogen-bond acceptors (Lipinski definition) is 7. The van der Waals surface area contributed by atoms with Gasteiger partial charge in [0.15, 0.2) is 0 Å². The van der Waals surface area contributed by atoms with Crippen LogP contribution in [0, 0.1) is 0 Å². The maximum Gasteiger partial charge on any atom is 0.132 e. The fourth-order valence-electron chi connectivity index (χ4n) is 5.79. The van der Waals surface area contributed by atoms with Gasteiger partial charge < -0.3 is 19.3 Å². The summed E-state index contributed by atoms with van der Waals surface area (Å²) in [5, 5.41) is 0. The van der Waals surface area contributed by atoms with Crippen LogP contribution in [0.4, 0.5) is 11.6 Å². The standard InChI is InChI=1S/C27H29N5O2/c1-3-8-20(9-4-1)22-16-33-26-14-29(18-31(22)26)24-12-7-13-25(28-24)30-15-27-32(19-30)23(17-34-27)21-10-5-2-6-11-21/h1-13,22-23,26-27H,14-19H2/t22-,23-,26?,27?/m1/s1. The molecule has 0 N–H and O–H groups in total. The number of fused-ring (bicyclic) bond motifs is 2. The number of benzene rings is 2. The van der Waals surface area contributed by atoms with Crippen molar-refractivity contribution in [2.24, 2.45) is 0 Å². The average molecular weight is 456 g/mol. The lowest BCUT2D eigenvalue weighted by Gasteiger charge is -2.25. The maximum atomic E-state index is 6.15. The summed E-state index contributed by atoms with van der Waals surface area (Å²) >= 11 is 0. The molecule has 34 heavy (non-hydrogen) atoms. The average Bonchev–Trinajstić information content (AvgIpc) is 3.65. The molecule has 2 unspecified atom stereocenters. The topological polar surface area (TPSA) is 44.3 Å². The molecule has 7 nitrogen and oxygen atoms in total. The van der Waals surface area contributed by atoms with Crippen LogP contribution in [-0.4, -0.2) is 66.9 Å². The van der Waals surface area contributed by atoms with Crippen molar-refractivity contribution in [2.75, 3.05) is 49.4 Å². The Balaban J connectivity index is 1.07. The Bertz CT molecular complexity index is 1060. The zero-order valence-electron chi connectivity index (χ0n) is 19.1. The lowest BCUT2D eigenvalue weighted by molar-refractivity contribution is 0.0687. The summed E-state index contributed by atoms with van der Waals surface area (Å²) in [6.45, 7) is 4.85. The molecule has 7 rings (SSSR count). The minimum Gasteiger partial charge on any atom is -0.359 e. The van der Waals surface area contributed by atoms with Gasteiger partial charge in [-0.2, -0.15) is 0 Å². The van der Waals surface area contributed by atoms with Gasteiger partial charge in [-0.25, -0.2) is 14.8 Å². The van der Waals surface area contributed by atoms with Crippen LogP contribution in [0.3, 0.4) is 0 Å². The van der Waals surface area contributed by atoms with E-state index in [1.165, 1.54) is 11.1 Å². The number of nitrogens with zero attached hydrogens (tertiary/aromatic N) is 5. The lowest BCUT2D eigenvalue weighted by atomic mass is 10.1. The van der Waals surface area contributed by atoms with Gasteiger partial charge in [0.25, 0.3) is 0 Å². The Hall–Kier alpha value is -2.97. The van der Waals surface area contributed by atoms with Crippen LogP contribution in [0.1, 0.15) is 23.2 Å². The fraction of sp³-hybridized carbons (Fsp3) is 0.370. The highest BCUT2D eigenvalue weighted by molar-refractivity contribution is 5.50. The zero-order valence-corrected chi connectivity index (χ0v) is 19.1. The number of hydrogen-bond donors (Lipinski definition) is 0. The van der Waals surface area contributed by atoms with Crippen molar-refractivity contribution < 1.29 is 9.47 Å². The zero-order chi connectivity index (χ0) is 22.5. The van der Waals surface area contributed by atoms with Crippen molar-refractivity contribution in [2.45, 2.75) is 24.5 Å². The number of anilines is 2. The van der Waals surface area contributed by atoms with Gasteiger partial charge in [-0.3, -0.25) is 0 Å². The maximum absolute atomic E-state index is 6.15. The number of ether oxygens (including phenoxy) is 2. The van der Waals surface area contributed by atoms with E-state index in [1.807, 2.05) is 0 Å². The summed E-state index contributed by atoms with van der Waals surface area (Å²) in [6.07, 6.45) is 0.237.